The van der Waals surface area contributed by atoms with Crippen LogP contribution in [0.4, 0.5) is 0 Å². The van der Waals surface area contributed by atoms with E-state index in [1.165, 1.54) is 0 Å². The first-order chi connectivity index (χ1) is 10.6. The van der Waals surface area contributed by atoms with Crippen molar-refractivity contribution in [2.45, 2.75) is 19.4 Å². The van der Waals surface area contributed by atoms with Crippen LogP contribution in [0.1, 0.15) is 24.9 Å². The van der Waals surface area contributed by atoms with Crippen molar-refractivity contribution in [1.82, 2.24) is 14.7 Å². The molecule has 2 unspecified atom stereocenters. The Hall–Kier alpha value is -2.63. The van der Waals surface area contributed by atoms with Crippen LogP contribution in [-0.4, -0.2) is 38.2 Å². The van der Waals surface area contributed by atoms with Gasteiger partial charge in [0.05, 0.1) is 17.6 Å². The molecule has 2 heterocycles. The minimum atomic E-state index is -0.914. The second kappa shape index (κ2) is 5.63. The second-order valence-corrected chi connectivity index (χ2v) is 5.47. The van der Waals surface area contributed by atoms with Gasteiger partial charge < -0.3 is 10.0 Å². The molecule has 2 atom stereocenters. The summed E-state index contributed by atoms with van der Waals surface area (Å²) < 4.78 is 1.75. The minimum Gasteiger partial charge on any atom is -0.481 e. The number of carboxylic acids is 1. The highest BCUT2D eigenvalue weighted by Gasteiger charge is 2.37. The van der Waals surface area contributed by atoms with Gasteiger partial charge in [-0.15, -0.1) is 0 Å². The number of likely N-dealkylation sites (tertiary alicyclic amines) is 1. The van der Waals surface area contributed by atoms with Gasteiger partial charge in [-0.1, -0.05) is 18.2 Å². The lowest BCUT2D eigenvalue weighted by Gasteiger charge is -2.26. The van der Waals surface area contributed by atoms with Crippen LogP contribution in [0, 0.1) is 5.92 Å². The maximum absolute atomic E-state index is 12.1. The van der Waals surface area contributed by atoms with Gasteiger partial charge in [-0.05, 0) is 19.1 Å². The third-order valence-corrected chi connectivity index (χ3v) is 4.11. The summed E-state index contributed by atoms with van der Waals surface area (Å²) in [5, 5.41) is 13.4. The molecule has 1 N–H and O–H groups in total. The molecule has 0 radical (unpaired) electrons. The molecule has 114 valence electrons. The summed E-state index contributed by atoms with van der Waals surface area (Å²) in [4.78, 5) is 24.9. The van der Waals surface area contributed by atoms with E-state index < -0.39 is 11.9 Å². The zero-order valence-electron chi connectivity index (χ0n) is 12.2. The van der Waals surface area contributed by atoms with Crippen molar-refractivity contribution >= 4 is 11.9 Å². The van der Waals surface area contributed by atoms with Gasteiger partial charge in [0.1, 0.15) is 0 Å². The molecule has 1 aromatic carbocycles. The third-order valence-electron chi connectivity index (χ3n) is 4.11. The van der Waals surface area contributed by atoms with Crippen LogP contribution in [0.15, 0.2) is 42.7 Å². The highest BCUT2D eigenvalue weighted by Crippen LogP contribution is 2.31. The lowest BCUT2D eigenvalue weighted by Crippen LogP contribution is -2.30. The Kier molecular flexibility index (Phi) is 3.66. The number of benzene rings is 1. The van der Waals surface area contributed by atoms with E-state index in [1.54, 1.807) is 15.8 Å². The molecule has 2 aromatic rings. The van der Waals surface area contributed by atoms with E-state index in [1.807, 2.05) is 43.5 Å². The van der Waals surface area contributed by atoms with Crippen molar-refractivity contribution in [3.63, 3.8) is 0 Å². The molecule has 1 aliphatic heterocycles. The molecule has 6 heteroatoms. The van der Waals surface area contributed by atoms with Crippen LogP contribution in [0.2, 0.25) is 0 Å². The average Bonchev–Trinajstić information content (AvgIpc) is 3.16. The number of hydrogen-bond donors (Lipinski definition) is 1. The summed E-state index contributed by atoms with van der Waals surface area (Å²) in [5.74, 6) is -1.65. The van der Waals surface area contributed by atoms with Gasteiger partial charge in [-0.25, -0.2) is 4.68 Å². The summed E-state index contributed by atoms with van der Waals surface area (Å²) in [7, 11) is 0. The molecule has 1 aromatic heterocycles. The average molecular weight is 299 g/mol. The molecule has 1 saturated heterocycles. The van der Waals surface area contributed by atoms with Gasteiger partial charge in [-0.2, -0.15) is 5.10 Å². The van der Waals surface area contributed by atoms with Crippen LogP contribution < -0.4 is 0 Å². The highest BCUT2D eigenvalue weighted by atomic mass is 16.4. The molecule has 1 fully saturated rings. The van der Waals surface area contributed by atoms with Crippen molar-refractivity contribution in [2.24, 2.45) is 5.92 Å². The van der Waals surface area contributed by atoms with E-state index in [4.69, 9.17) is 5.11 Å². The Morgan fingerprint density at radius 3 is 2.77 bits per heavy atom. The number of aromatic nitrogens is 2. The number of carbonyl (C=O) groups is 2. The van der Waals surface area contributed by atoms with Gasteiger partial charge in [-0.3, -0.25) is 9.59 Å². The topological polar surface area (TPSA) is 75.4 Å². The number of aliphatic carboxylic acids is 1. The quantitative estimate of drug-likeness (QED) is 0.935. The number of amides is 1. The van der Waals surface area contributed by atoms with Gasteiger partial charge in [0, 0.05) is 30.9 Å². The largest absolute Gasteiger partial charge is 0.481 e. The molecular weight excluding hydrogens is 282 g/mol. The van der Waals surface area contributed by atoms with Crippen LogP contribution in [0.25, 0.3) is 5.69 Å². The first-order valence-electron chi connectivity index (χ1n) is 7.19. The fourth-order valence-electron chi connectivity index (χ4n) is 2.90. The van der Waals surface area contributed by atoms with E-state index >= 15 is 0 Å². The normalized spacial score (nSPS) is 19.4. The van der Waals surface area contributed by atoms with Crippen LogP contribution >= 0.6 is 0 Å². The molecular formula is C16H17N3O3. The molecule has 22 heavy (non-hydrogen) atoms. The van der Waals surface area contributed by atoms with Crippen LogP contribution in [-0.2, 0) is 9.59 Å². The fraction of sp³-hybridized carbons (Fsp3) is 0.312. The first-order valence-corrected chi connectivity index (χ1v) is 7.19. The minimum absolute atomic E-state index is 0.0730. The fourth-order valence-corrected chi connectivity index (χ4v) is 2.90. The van der Waals surface area contributed by atoms with E-state index in [9.17, 15) is 9.59 Å². The molecule has 0 spiro atoms. The molecule has 6 nitrogen and oxygen atoms in total. The smallest absolute Gasteiger partial charge is 0.308 e. The molecule has 0 saturated carbocycles. The molecule has 0 aliphatic carbocycles. The van der Waals surface area contributed by atoms with Crippen molar-refractivity contribution in [3.8, 4) is 5.69 Å². The van der Waals surface area contributed by atoms with E-state index in [2.05, 4.69) is 5.10 Å². The first kappa shape index (κ1) is 14.3. The van der Waals surface area contributed by atoms with E-state index in [-0.39, 0.29) is 24.9 Å². The number of hydrogen-bond acceptors (Lipinski definition) is 3. The standard InChI is InChI=1S/C16H17N3O3/c1-11(18-10-12(16(21)22)9-15(18)20)13-5-2-3-6-14(13)19-8-4-7-17-19/h2-8,11-12H,9-10H2,1H3,(H,21,22). The summed E-state index contributed by atoms with van der Waals surface area (Å²) >= 11 is 0. The van der Waals surface area contributed by atoms with Crippen molar-refractivity contribution in [1.29, 1.82) is 0 Å². The Morgan fingerprint density at radius 1 is 1.36 bits per heavy atom. The molecule has 1 aliphatic rings. The maximum atomic E-state index is 12.1. The second-order valence-electron chi connectivity index (χ2n) is 5.47. The predicted molar refractivity (Wildman–Crippen MR) is 79.4 cm³/mol. The van der Waals surface area contributed by atoms with E-state index in [0.29, 0.717) is 0 Å². The molecule has 0 bridgehead atoms. The summed E-state index contributed by atoms with van der Waals surface area (Å²) in [6.07, 6.45) is 3.62. The summed E-state index contributed by atoms with van der Waals surface area (Å²) in [6.45, 7) is 2.17. The van der Waals surface area contributed by atoms with E-state index in [0.717, 1.165) is 11.3 Å². The van der Waals surface area contributed by atoms with Gasteiger partial charge >= 0.3 is 5.97 Å². The monoisotopic (exact) mass is 299 g/mol. The highest BCUT2D eigenvalue weighted by molar-refractivity contribution is 5.86. The lowest BCUT2D eigenvalue weighted by molar-refractivity contribution is -0.141. The third kappa shape index (κ3) is 2.47. The molecule has 3 rings (SSSR count). The maximum Gasteiger partial charge on any atom is 0.308 e. The SMILES string of the molecule is CC(c1ccccc1-n1cccn1)N1CC(C(=O)O)CC1=O. The summed E-state index contributed by atoms with van der Waals surface area (Å²) in [5.41, 5.74) is 1.84. The van der Waals surface area contributed by atoms with Gasteiger partial charge in [0.2, 0.25) is 5.91 Å². The zero-order valence-corrected chi connectivity index (χ0v) is 12.2. The predicted octanol–water partition coefficient (Wildman–Crippen LogP) is 1.87. The van der Waals surface area contributed by atoms with Gasteiger partial charge in [0.15, 0.2) is 0 Å². The lowest BCUT2D eigenvalue weighted by atomic mass is 10.0. The van der Waals surface area contributed by atoms with Crippen LogP contribution in [0.5, 0.6) is 0 Å². The number of nitrogens with zero attached hydrogens (tertiary/aromatic N) is 3. The number of carboxylic acid groups (broad SMARTS) is 1. The zero-order chi connectivity index (χ0) is 15.7. The Labute approximate surface area is 128 Å². The van der Waals surface area contributed by atoms with Crippen molar-refractivity contribution < 1.29 is 14.7 Å². The van der Waals surface area contributed by atoms with Crippen molar-refractivity contribution in [2.75, 3.05) is 6.54 Å². The Morgan fingerprint density at radius 2 is 2.14 bits per heavy atom. The number of para-hydroxylation sites is 1. The Balaban J connectivity index is 1.92. The number of carbonyl (C=O) groups excluding carboxylic acids is 1. The Bertz CT molecular complexity index is 696. The van der Waals surface area contributed by atoms with Gasteiger partial charge in [0.25, 0.3) is 0 Å². The van der Waals surface area contributed by atoms with Crippen LogP contribution in [0.3, 0.4) is 0 Å². The number of rotatable bonds is 4. The van der Waals surface area contributed by atoms with Crippen molar-refractivity contribution in [3.05, 3.63) is 48.3 Å². The molecule has 1 amide bonds. The summed E-state index contributed by atoms with van der Waals surface area (Å²) in [6, 6.07) is 9.35.